The maximum absolute atomic E-state index is 8.55. The predicted molar refractivity (Wildman–Crippen MR) is 26.6 cm³/mol. The summed E-state index contributed by atoms with van der Waals surface area (Å²) in [6, 6.07) is 0. The molecule has 1 heteroatoms. The van der Waals surface area contributed by atoms with E-state index in [1.54, 1.807) is 0 Å². The molecule has 1 nitrogen and oxygen atoms in total. The molecule has 0 saturated carbocycles. The quantitative estimate of drug-likeness (QED) is 0.537. The molecule has 0 bridgehead atoms. The van der Waals surface area contributed by atoms with E-state index in [1.165, 1.54) is 0 Å². The first kappa shape index (κ1) is 5.96. The zero-order valence-corrected chi connectivity index (χ0v) is 4.44. The van der Waals surface area contributed by atoms with Crippen LogP contribution in [0.2, 0.25) is 0 Å². The highest BCUT2D eigenvalue weighted by Crippen LogP contribution is 1.91. The molecule has 38 valence electrons. The van der Waals surface area contributed by atoms with E-state index in [9.17, 15) is 0 Å². The Bertz CT molecular complexity index is 25.1. The Balaban J connectivity index is 2.63. The van der Waals surface area contributed by atoms with Crippen LogP contribution in [0.1, 0.15) is 26.7 Å². The second-order valence-corrected chi connectivity index (χ2v) is 1.64. The molecule has 0 saturated heterocycles. The molecule has 1 N–H and O–H groups in total. The van der Waals surface area contributed by atoms with Crippen LogP contribution in [0.3, 0.4) is 0 Å². The van der Waals surface area contributed by atoms with Gasteiger partial charge in [-0.25, -0.2) is 0 Å². The van der Waals surface area contributed by atoms with Crippen LogP contribution in [0.25, 0.3) is 0 Å². The Labute approximate surface area is 39.0 Å². The highest BCUT2D eigenvalue weighted by atomic mass is 16.3. The van der Waals surface area contributed by atoms with Crippen LogP contribution < -0.4 is 0 Å². The summed E-state index contributed by atoms with van der Waals surface area (Å²) in [4.78, 5) is 0. The molecule has 0 aliphatic carbocycles. The molecule has 0 unspecified atom stereocenters. The largest absolute Gasteiger partial charge is 0.393 e. The van der Waals surface area contributed by atoms with Crippen molar-refractivity contribution in [1.82, 2.24) is 0 Å². The lowest BCUT2D eigenvalue weighted by Gasteiger charge is -1.95. The summed E-state index contributed by atoms with van der Waals surface area (Å²) in [5.74, 6) is 0. The second-order valence-electron chi connectivity index (χ2n) is 1.64. The van der Waals surface area contributed by atoms with Crippen molar-refractivity contribution in [1.29, 1.82) is 0 Å². The molecule has 0 aromatic carbocycles. The van der Waals surface area contributed by atoms with Gasteiger partial charge in [0.15, 0.2) is 0 Å². The van der Waals surface area contributed by atoms with Gasteiger partial charge in [0.2, 0.25) is 0 Å². The Morgan fingerprint density at radius 3 is 2.17 bits per heavy atom. The molecule has 0 fully saturated rings. The van der Waals surface area contributed by atoms with Gasteiger partial charge in [-0.3, -0.25) is 0 Å². The van der Waals surface area contributed by atoms with Crippen molar-refractivity contribution < 1.29 is 5.11 Å². The Hall–Kier alpha value is -0.0400. The zero-order valence-electron chi connectivity index (χ0n) is 4.44. The molecule has 0 aliphatic rings. The fourth-order valence-electron chi connectivity index (χ4n) is 0.418. The summed E-state index contributed by atoms with van der Waals surface area (Å²) in [5, 5.41) is 8.55. The van der Waals surface area contributed by atoms with Crippen molar-refractivity contribution in [3.05, 3.63) is 0 Å². The van der Waals surface area contributed by atoms with E-state index in [2.05, 4.69) is 6.92 Å². The number of aliphatic hydroxyl groups excluding tert-OH is 1. The topological polar surface area (TPSA) is 20.2 Å². The molecule has 0 spiro atoms. The van der Waals surface area contributed by atoms with Crippen LogP contribution >= 0.6 is 0 Å². The number of aliphatic hydroxyl groups is 1. The van der Waals surface area contributed by atoms with Crippen molar-refractivity contribution in [3.63, 3.8) is 0 Å². The highest BCUT2D eigenvalue weighted by molar-refractivity contribution is 4.40. The van der Waals surface area contributed by atoms with Crippen LogP contribution in [0.4, 0.5) is 0 Å². The minimum absolute atomic E-state index is 0.102. The van der Waals surface area contributed by atoms with Gasteiger partial charge >= 0.3 is 0 Å². The van der Waals surface area contributed by atoms with Gasteiger partial charge in [0.05, 0.1) is 6.10 Å². The summed E-state index contributed by atoms with van der Waals surface area (Å²) in [5.41, 5.74) is 0. The van der Waals surface area contributed by atoms with Crippen molar-refractivity contribution >= 4 is 0 Å². The van der Waals surface area contributed by atoms with E-state index < -0.39 is 0 Å². The maximum Gasteiger partial charge on any atom is 0.0512 e. The number of hydrogen-bond acceptors (Lipinski definition) is 1. The first-order chi connectivity index (χ1) is 2.77. The van der Waals surface area contributed by atoms with Gasteiger partial charge < -0.3 is 5.11 Å². The molecule has 1 atom stereocenters. The SMILES string of the molecule is CCC[C@H](C)O. The minimum atomic E-state index is -0.102. The summed E-state index contributed by atoms with van der Waals surface area (Å²) in [7, 11) is 0. The lowest BCUT2D eigenvalue weighted by molar-refractivity contribution is 0.183. The lowest BCUT2D eigenvalue weighted by atomic mass is 10.2. The molecule has 0 heterocycles. The van der Waals surface area contributed by atoms with Crippen molar-refractivity contribution in [3.8, 4) is 0 Å². The Kier molecular flexibility index (Phi) is 3.14. The van der Waals surface area contributed by atoms with Crippen LogP contribution in [0, 0.1) is 0 Å². The van der Waals surface area contributed by atoms with Gasteiger partial charge in [0, 0.05) is 0 Å². The molecule has 6 heavy (non-hydrogen) atoms. The van der Waals surface area contributed by atoms with Gasteiger partial charge in [-0.1, -0.05) is 13.3 Å². The van der Waals surface area contributed by atoms with E-state index in [-0.39, 0.29) is 6.10 Å². The van der Waals surface area contributed by atoms with E-state index in [1.807, 2.05) is 6.92 Å². The van der Waals surface area contributed by atoms with Gasteiger partial charge in [0.1, 0.15) is 0 Å². The predicted octanol–water partition coefficient (Wildman–Crippen LogP) is 1.17. The van der Waals surface area contributed by atoms with E-state index in [0.29, 0.717) is 0 Å². The number of rotatable bonds is 2. The van der Waals surface area contributed by atoms with Gasteiger partial charge in [0.25, 0.3) is 0 Å². The molecular weight excluding hydrogens is 76.1 g/mol. The van der Waals surface area contributed by atoms with Crippen LogP contribution in [-0.4, -0.2) is 11.2 Å². The molecule has 0 rings (SSSR count). The van der Waals surface area contributed by atoms with Gasteiger partial charge in [-0.2, -0.15) is 0 Å². The summed E-state index contributed by atoms with van der Waals surface area (Å²) in [6.45, 7) is 3.87. The van der Waals surface area contributed by atoms with Crippen molar-refractivity contribution in [2.45, 2.75) is 32.8 Å². The van der Waals surface area contributed by atoms with E-state index >= 15 is 0 Å². The molecule has 0 aromatic heterocycles. The van der Waals surface area contributed by atoms with Crippen molar-refractivity contribution in [2.75, 3.05) is 0 Å². The monoisotopic (exact) mass is 88.1 g/mol. The minimum Gasteiger partial charge on any atom is -0.393 e. The van der Waals surface area contributed by atoms with Crippen LogP contribution in [0.5, 0.6) is 0 Å². The fraction of sp³-hybridized carbons (Fsp3) is 1.00. The maximum atomic E-state index is 8.55. The standard InChI is InChI=1S/C5H12O/c1-3-4-5(2)6/h5-6H,3-4H2,1-2H3/t5-/m0/s1. The molecule has 0 radical (unpaired) electrons. The third-order valence-electron chi connectivity index (χ3n) is 0.706. The fourth-order valence-corrected chi connectivity index (χ4v) is 0.418. The van der Waals surface area contributed by atoms with Gasteiger partial charge in [-0.15, -0.1) is 0 Å². The van der Waals surface area contributed by atoms with Gasteiger partial charge in [-0.05, 0) is 13.3 Å². The average Bonchev–Trinajstić information content (AvgIpc) is 1.35. The highest BCUT2D eigenvalue weighted by Gasteiger charge is 1.87. The Morgan fingerprint density at radius 2 is 2.17 bits per heavy atom. The third-order valence-corrected chi connectivity index (χ3v) is 0.706. The average molecular weight is 88.1 g/mol. The smallest absolute Gasteiger partial charge is 0.0512 e. The zero-order chi connectivity index (χ0) is 4.99. The van der Waals surface area contributed by atoms with Crippen LogP contribution in [0.15, 0.2) is 0 Å². The summed E-state index contributed by atoms with van der Waals surface area (Å²) in [6.07, 6.45) is 1.91. The summed E-state index contributed by atoms with van der Waals surface area (Å²) < 4.78 is 0. The number of hydrogen-bond donors (Lipinski definition) is 1. The second kappa shape index (κ2) is 3.16. The van der Waals surface area contributed by atoms with Crippen molar-refractivity contribution in [2.24, 2.45) is 0 Å². The molecule has 0 amide bonds. The Morgan fingerprint density at radius 1 is 1.67 bits per heavy atom. The van der Waals surface area contributed by atoms with E-state index in [0.717, 1.165) is 12.8 Å². The lowest BCUT2D eigenvalue weighted by Crippen LogP contribution is -1.95. The molecular formula is C5H12O. The molecule has 0 aliphatic heterocycles. The van der Waals surface area contributed by atoms with E-state index in [4.69, 9.17) is 5.11 Å². The van der Waals surface area contributed by atoms with Crippen LogP contribution in [-0.2, 0) is 0 Å². The third kappa shape index (κ3) is 3.96. The molecule has 0 aromatic rings. The first-order valence-corrected chi connectivity index (χ1v) is 2.45. The summed E-state index contributed by atoms with van der Waals surface area (Å²) >= 11 is 0. The first-order valence-electron chi connectivity index (χ1n) is 2.45. The normalized spacial score (nSPS) is 14.5.